The number of benzene rings is 4. The third-order valence-corrected chi connectivity index (χ3v) is 7.04. The Morgan fingerprint density at radius 2 is 1.05 bits per heavy atom. The summed E-state index contributed by atoms with van der Waals surface area (Å²) in [5, 5.41) is 0. The van der Waals surface area contributed by atoms with Crippen molar-refractivity contribution in [3.05, 3.63) is 146 Å². The van der Waals surface area contributed by atoms with Gasteiger partial charge in [0, 0.05) is 34.6 Å². The molecule has 194 valence electrons. The van der Waals surface area contributed by atoms with E-state index >= 15 is 0 Å². The molecule has 5 nitrogen and oxygen atoms in total. The van der Waals surface area contributed by atoms with Crippen LogP contribution in [0.5, 0.6) is 0 Å². The molecule has 0 N–H and O–H groups in total. The Balaban J connectivity index is 1.35. The van der Waals surface area contributed by atoms with Crippen molar-refractivity contribution < 1.29 is 4.42 Å². The highest BCUT2D eigenvalue weighted by atomic mass is 16.3. The van der Waals surface area contributed by atoms with Crippen molar-refractivity contribution in [2.24, 2.45) is 0 Å². The molecular weight excluding hydrogens is 504 g/mol. The normalized spacial score (nSPS) is 10.9. The second kappa shape index (κ2) is 10.8. The fraction of sp³-hybridized carbons (Fsp3) is 0. The Bertz CT molecular complexity index is 1950. The van der Waals surface area contributed by atoms with E-state index in [4.69, 9.17) is 14.4 Å². The van der Waals surface area contributed by atoms with E-state index in [2.05, 4.69) is 76.7 Å². The molecule has 0 aliphatic rings. The first kappa shape index (κ1) is 24.4. The topological polar surface area (TPSA) is 64.7 Å². The Kier molecular flexibility index (Phi) is 6.44. The molecule has 0 amide bonds. The summed E-state index contributed by atoms with van der Waals surface area (Å²) in [6.07, 6.45) is 5.04. The summed E-state index contributed by atoms with van der Waals surface area (Å²) in [6.45, 7) is 0. The fourth-order valence-electron chi connectivity index (χ4n) is 5.16. The van der Waals surface area contributed by atoms with E-state index in [0.29, 0.717) is 17.3 Å². The predicted molar refractivity (Wildman–Crippen MR) is 163 cm³/mol. The second-order valence-corrected chi connectivity index (χ2v) is 9.52. The van der Waals surface area contributed by atoms with Crippen LogP contribution >= 0.6 is 0 Å². The van der Waals surface area contributed by atoms with Crippen molar-refractivity contribution in [1.82, 2.24) is 19.9 Å². The monoisotopic (exact) mass is 528 g/mol. The Morgan fingerprint density at radius 3 is 1.83 bits per heavy atom. The summed E-state index contributed by atoms with van der Waals surface area (Å²) in [6, 6.07) is 43.1. The van der Waals surface area contributed by atoms with Gasteiger partial charge in [-0.25, -0.2) is 15.0 Å². The van der Waals surface area contributed by atoms with Crippen molar-refractivity contribution in [3.63, 3.8) is 0 Å². The molecule has 4 aromatic carbocycles. The lowest BCUT2D eigenvalue weighted by Gasteiger charge is -2.16. The Labute approximate surface area is 237 Å². The van der Waals surface area contributed by atoms with Crippen LogP contribution in [0.3, 0.4) is 0 Å². The van der Waals surface area contributed by atoms with E-state index in [0.717, 1.165) is 50.3 Å². The van der Waals surface area contributed by atoms with Crippen molar-refractivity contribution in [1.29, 1.82) is 0 Å². The second-order valence-electron chi connectivity index (χ2n) is 9.52. The van der Waals surface area contributed by atoms with Gasteiger partial charge in [-0.1, -0.05) is 115 Å². The van der Waals surface area contributed by atoms with Crippen molar-refractivity contribution in [2.75, 3.05) is 0 Å². The number of hydrogen-bond acceptors (Lipinski definition) is 5. The van der Waals surface area contributed by atoms with Crippen molar-refractivity contribution in [3.8, 4) is 67.6 Å². The number of aromatic nitrogens is 4. The van der Waals surface area contributed by atoms with Crippen molar-refractivity contribution in [2.45, 2.75) is 0 Å². The van der Waals surface area contributed by atoms with E-state index in [1.54, 1.807) is 6.20 Å². The molecule has 0 aliphatic heterocycles. The summed E-state index contributed by atoms with van der Waals surface area (Å²) in [7, 11) is 0. The van der Waals surface area contributed by atoms with E-state index < -0.39 is 0 Å². The molecule has 0 unspecified atom stereocenters. The molecule has 0 saturated heterocycles. The summed E-state index contributed by atoms with van der Waals surface area (Å²) >= 11 is 0. The highest BCUT2D eigenvalue weighted by Gasteiger charge is 2.19. The molecule has 41 heavy (non-hydrogen) atoms. The average Bonchev–Trinajstić information content (AvgIpc) is 3.56. The molecular formula is C36H24N4O. The van der Waals surface area contributed by atoms with Gasteiger partial charge in [0.2, 0.25) is 0 Å². The lowest BCUT2D eigenvalue weighted by atomic mass is 9.90. The maximum absolute atomic E-state index is 5.79. The molecule has 0 spiro atoms. The van der Waals surface area contributed by atoms with Gasteiger partial charge in [-0.2, -0.15) is 0 Å². The fourth-order valence-corrected chi connectivity index (χ4v) is 5.16. The minimum atomic E-state index is 0.476. The molecule has 5 heteroatoms. The third-order valence-electron chi connectivity index (χ3n) is 7.04. The van der Waals surface area contributed by atoms with Crippen LogP contribution < -0.4 is 0 Å². The molecule has 0 bridgehead atoms. The van der Waals surface area contributed by atoms with Gasteiger partial charge in [0.1, 0.15) is 5.69 Å². The number of hydrogen-bond donors (Lipinski definition) is 0. The highest BCUT2D eigenvalue weighted by Crippen LogP contribution is 2.40. The zero-order valence-electron chi connectivity index (χ0n) is 22.1. The minimum Gasteiger partial charge on any atom is -0.439 e. The summed E-state index contributed by atoms with van der Waals surface area (Å²) in [5.74, 6) is 1.01. The first-order chi connectivity index (χ1) is 20.4. The zero-order valence-corrected chi connectivity index (χ0v) is 22.1. The van der Waals surface area contributed by atoms with Gasteiger partial charge < -0.3 is 4.42 Å². The molecule has 3 aromatic heterocycles. The van der Waals surface area contributed by atoms with Gasteiger partial charge in [0.05, 0.1) is 11.4 Å². The molecule has 3 heterocycles. The molecule has 0 saturated carbocycles. The van der Waals surface area contributed by atoms with Crippen LogP contribution in [0.15, 0.2) is 151 Å². The van der Waals surface area contributed by atoms with Crippen LogP contribution in [0, 0.1) is 0 Å². The van der Waals surface area contributed by atoms with Crippen LogP contribution in [0.4, 0.5) is 0 Å². The number of pyridine rings is 1. The maximum atomic E-state index is 5.79. The zero-order chi connectivity index (χ0) is 27.4. The lowest BCUT2D eigenvalue weighted by Crippen LogP contribution is -1.96. The molecule has 7 aromatic rings. The first-order valence-electron chi connectivity index (χ1n) is 13.4. The van der Waals surface area contributed by atoms with Gasteiger partial charge in [0.25, 0.3) is 0 Å². The van der Waals surface area contributed by atoms with E-state index in [1.807, 2.05) is 66.9 Å². The van der Waals surface area contributed by atoms with Gasteiger partial charge >= 0.3 is 0 Å². The molecule has 0 fully saturated rings. The standard InChI is InChI=1S/C36H24N4O/c1-3-12-25(13-4-1)27-16-7-8-17-28(27)30-20-11-22-37-34(30)31-19-10-9-18-29(31)32-21-23-38-36(40-32)35-33(39-24-41-35)26-14-5-2-6-15-26/h1-24H. The summed E-state index contributed by atoms with van der Waals surface area (Å²) in [5.41, 5.74) is 9.73. The largest absolute Gasteiger partial charge is 0.439 e. The Morgan fingerprint density at radius 1 is 0.415 bits per heavy atom. The average molecular weight is 529 g/mol. The van der Waals surface area contributed by atoms with Gasteiger partial charge in [-0.05, 0) is 28.8 Å². The van der Waals surface area contributed by atoms with E-state index in [1.165, 1.54) is 6.39 Å². The predicted octanol–water partition coefficient (Wildman–Crippen LogP) is 8.86. The molecule has 7 rings (SSSR count). The summed E-state index contributed by atoms with van der Waals surface area (Å²) < 4.78 is 5.79. The van der Waals surface area contributed by atoms with Crippen LogP contribution in [0.25, 0.3) is 67.6 Å². The number of nitrogens with zero attached hydrogens (tertiary/aromatic N) is 4. The number of oxazole rings is 1. The Hall–Kier alpha value is -5.68. The lowest BCUT2D eigenvalue weighted by molar-refractivity contribution is 0.567. The van der Waals surface area contributed by atoms with Gasteiger partial charge in [-0.3, -0.25) is 4.98 Å². The quantitative estimate of drug-likeness (QED) is 0.216. The smallest absolute Gasteiger partial charge is 0.199 e. The van der Waals surface area contributed by atoms with Crippen LogP contribution in [-0.2, 0) is 0 Å². The minimum absolute atomic E-state index is 0.476. The van der Waals surface area contributed by atoms with Crippen LogP contribution in [-0.4, -0.2) is 19.9 Å². The summed E-state index contributed by atoms with van der Waals surface area (Å²) in [4.78, 5) is 18.9. The van der Waals surface area contributed by atoms with E-state index in [-0.39, 0.29) is 0 Å². The maximum Gasteiger partial charge on any atom is 0.199 e. The van der Waals surface area contributed by atoms with Gasteiger partial charge in [-0.15, -0.1) is 0 Å². The van der Waals surface area contributed by atoms with Crippen molar-refractivity contribution >= 4 is 0 Å². The number of rotatable bonds is 6. The molecule has 0 atom stereocenters. The molecule has 0 radical (unpaired) electrons. The highest BCUT2D eigenvalue weighted by molar-refractivity contribution is 5.93. The van der Waals surface area contributed by atoms with E-state index in [9.17, 15) is 0 Å². The SMILES string of the molecule is c1ccc(-c2ccccc2-c2cccnc2-c2ccccc2-c2ccnc(-c3ocnc3-c3ccccc3)n2)cc1. The third kappa shape index (κ3) is 4.70. The van der Waals surface area contributed by atoms with Gasteiger partial charge in [0.15, 0.2) is 18.0 Å². The molecule has 0 aliphatic carbocycles. The van der Waals surface area contributed by atoms with Crippen LogP contribution in [0.1, 0.15) is 0 Å². The first-order valence-corrected chi connectivity index (χ1v) is 13.4. The van der Waals surface area contributed by atoms with Crippen LogP contribution in [0.2, 0.25) is 0 Å².